The number of nitrogens with zero attached hydrogens (tertiary/aromatic N) is 2. The molecule has 152 valence electrons. The Morgan fingerprint density at radius 3 is 2.28 bits per heavy atom. The first-order chi connectivity index (χ1) is 13.5. The predicted octanol–water partition coefficient (Wildman–Crippen LogP) is 6.09. The summed E-state index contributed by atoms with van der Waals surface area (Å²) in [5.41, 5.74) is -0.668. The zero-order valence-corrected chi connectivity index (χ0v) is 16.8. The van der Waals surface area contributed by atoms with Crippen LogP contribution in [0.2, 0.25) is 5.02 Å². The molecule has 0 spiro atoms. The SMILES string of the molecule is CC(C)(C)c1cc(NC(=O)c2ccccc2C(F)(F)F)n(-c2ccccc2Cl)n1. The molecule has 0 saturated heterocycles. The average molecular weight is 422 g/mol. The first-order valence-electron chi connectivity index (χ1n) is 8.81. The molecule has 1 heterocycles. The lowest BCUT2D eigenvalue weighted by Gasteiger charge is -2.14. The van der Waals surface area contributed by atoms with Gasteiger partial charge in [0.15, 0.2) is 0 Å². The Morgan fingerprint density at radius 1 is 1.03 bits per heavy atom. The van der Waals surface area contributed by atoms with Gasteiger partial charge in [-0.15, -0.1) is 0 Å². The average Bonchev–Trinajstić information content (AvgIpc) is 3.05. The van der Waals surface area contributed by atoms with Crippen LogP contribution >= 0.6 is 11.6 Å². The molecule has 0 bridgehead atoms. The molecule has 0 fully saturated rings. The Labute approximate surface area is 171 Å². The van der Waals surface area contributed by atoms with Gasteiger partial charge in [0.1, 0.15) is 5.82 Å². The molecule has 4 nitrogen and oxygen atoms in total. The number of para-hydroxylation sites is 1. The van der Waals surface area contributed by atoms with Crippen LogP contribution in [-0.4, -0.2) is 15.7 Å². The zero-order chi connectivity index (χ0) is 21.4. The van der Waals surface area contributed by atoms with Gasteiger partial charge in [0, 0.05) is 11.5 Å². The van der Waals surface area contributed by atoms with E-state index in [0.29, 0.717) is 16.4 Å². The van der Waals surface area contributed by atoms with Crippen LogP contribution in [0.1, 0.15) is 42.4 Å². The van der Waals surface area contributed by atoms with Crippen molar-refractivity contribution in [2.75, 3.05) is 5.32 Å². The van der Waals surface area contributed by atoms with E-state index in [-0.39, 0.29) is 11.2 Å². The van der Waals surface area contributed by atoms with E-state index in [1.165, 1.54) is 16.8 Å². The van der Waals surface area contributed by atoms with Gasteiger partial charge in [-0.25, -0.2) is 4.68 Å². The van der Waals surface area contributed by atoms with Crippen molar-refractivity contribution < 1.29 is 18.0 Å². The summed E-state index contributed by atoms with van der Waals surface area (Å²) in [5.74, 6) is -0.656. The molecule has 0 atom stereocenters. The molecule has 3 rings (SSSR count). The fourth-order valence-electron chi connectivity index (χ4n) is 2.76. The number of aromatic nitrogens is 2. The quantitative estimate of drug-likeness (QED) is 0.556. The summed E-state index contributed by atoms with van der Waals surface area (Å²) in [6, 6.07) is 13.2. The highest BCUT2D eigenvalue weighted by Crippen LogP contribution is 2.33. The Kier molecular flexibility index (Phi) is 5.45. The van der Waals surface area contributed by atoms with Crippen LogP contribution < -0.4 is 5.32 Å². The second kappa shape index (κ2) is 7.55. The molecule has 0 radical (unpaired) electrons. The maximum atomic E-state index is 13.3. The van der Waals surface area contributed by atoms with Crippen molar-refractivity contribution in [1.82, 2.24) is 9.78 Å². The van der Waals surface area contributed by atoms with Gasteiger partial charge in [0.25, 0.3) is 5.91 Å². The molecular weight excluding hydrogens is 403 g/mol. The third kappa shape index (κ3) is 4.45. The third-order valence-electron chi connectivity index (χ3n) is 4.28. The number of hydrogen-bond acceptors (Lipinski definition) is 2. The van der Waals surface area contributed by atoms with Gasteiger partial charge in [-0.3, -0.25) is 4.79 Å². The Morgan fingerprint density at radius 2 is 1.66 bits per heavy atom. The van der Waals surface area contributed by atoms with Crippen LogP contribution in [0.15, 0.2) is 54.6 Å². The minimum absolute atomic E-state index is 0.227. The minimum atomic E-state index is -4.65. The molecule has 8 heteroatoms. The van der Waals surface area contributed by atoms with E-state index >= 15 is 0 Å². The fourth-order valence-corrected chi connectivity index (χ4v) is 2.97. The van der Waals surface area contributed by atoms with E-state index in [1.54, 1.807) is 30.3 Å². The normalized spacial score (nSPS) is 12.1. The first kappa shape index (κ1) is 20.9. The maximum absolute atomic E-state index is 13.3. The lowest BCUT2D eigenvalue weighted by atomic mass is 9.92. The summed E-state index contributed by atoms with van der Waals surface area (Å²) in [7, 11) is 0. The molecule has 0 aliphatic rings. The fraction of sp³-hybridized carbons (Fsp3) is 0.238. The number of rotatable bonds is 3. The summed E-state index contributed by atoms with van der Waals surface area (Å²) < 4.78 is 41.3. The topological polar surface area (TPSA) is 46.9 Å². The van der Waals surface area contributed by atoms with Crippen molar-refractivity contribution in [3.63, 3.8) is 0 Å². The number of nitrogens with one attached hydrogen (secondary N) is 1. The van der Waals surface area contributed by atoms with Gasteiger partial charge in [0.2, 0.25) is 0 Å². The van der Waals surface area contributed by atoms with Crippen molar-refractivity contribution in [1.29, 1.82) is 0 Å². The van der Waals surface area contributed by atoms with Crippen molar-refractivity contribution in [3.05, 3.63) is 76.4 Å². The number of amides is 1. The van der Waals surface area contributed by atoms with Gasteiger partial charge in [-0.1, -0.05) is 56.6 Å². The molecule has 1 amide bonds. The van der Waals surface area contributed by atoms with E-state index in [4.69, 9.17) is 11.6 Å². The molecule has 29 heavy (non-hydrogen) atoms. The largest absolute Gasteiger partial charge is 0.417 e. The summed E-state index contributed by atoms with van der Waals surface area (Å²) in [5, 5.41) is 7.48. The second-order valence-corrected chi connectivity index (χ2v) is 7.93. The molecule has 2 aromatic carbocycles. The first-order valence-corrected chi connectivity index (χ1v) is 9.19. The molecule has 0 saturated carbocycles. The van der Waals surface area contributed by atoms with Gasteiger partial charge < -0.3 is 5.32 Å². The zero-order valence-electron chi connectivity index (χ0n) is 16.0. The van der Waals surface area contributed by atoms with E-state index in [9.17, 15) is 18.0 Å². The Hall–Kier alpha value is -2.80. The second-order valence-electron chi connectivity index (χ2n) is 7.53. The smallest absolute Gasteiger partial charge is 0.306 e. The van der Waals surface area contributed by atoms with E-state index in [0.717, 1.165) is 12.1 Å². The Bertz CT molecular complexity index is 1050. The van der Waals surface area contributed by atoms with Crippen LogP contribution in [-0.2, 0) is 11.6 Å². The predicted molar refractivity (Wildman–Crippen MR) is 107 cm³/mol. The minimum Gasteiger partial charge on any atom is -0.306 e. The number of anilines is 1. The molecule has 0 aliphatic carbocycles. The monoisotopic (exact) mass is 421 g/mol. The lowest BCUT2D eigenvalue weighted by molar-refractivity contribution is -0.137. The van der Waals surface area contributed by atoms with Crippen LogP contribution in [0.3, 0.4) is 0 Å². The van der Waals surface area contributed by atoms with Gasteiger partial charge >= 0.3 is 6.18 Å². The maximum Gasteiger partial charge on any atom is 0.417 e. The summed E-state index contributed by atoms with van der Waals surface area (Å²) in [6.45, 7) is 5.82. The molecule has 3 aromatic rings. The van der Waals surface area contributed by atoms with Gasteiger partial charge in [0.05, 0.1) is 27.5 Å². The summed E-state index contributed by atoms with van der Waals surface area (Å²) in [6.07, 6.45) is -4.65. The molecule has 1 aromatic heterocycles. The van der Waals surface area contributed by atoms with E-state index < -0.39 is 23.2 Å². The van der Waals surface area contributed by atoms with Gasteiger partial charge in [-0.2, -0.15) is 18.3 Å². The standard InChI is InChI=1S/C21H19ClF3N3O/c1-20(2,3)17-12-18(28(27-17)16-11-7-6-10-15(16)22)26-19(29)13-8-4-5-9-14(13)21(23,24)25/h4-12H,1-3H3,(H,26,29). The van der Waals surface area contributed by atoms with E-state index in [2.05, 4.69) is 10.4 Å². The van der Waals surface area contributed by atoms with Gasteiger partial charge in [-0.05, 0) is 24.3 Å². The summed E-state index contributed by atoms with van der Waals surface area (Å²) in [4.78, 5) is 12.7. The molecule has 1 N–H and O–H groups in total. The van der Waals surface area contributed by atoms with Crippen molar-refractivity contribution >= 4 is 23.3 Å². The highest BCUT2D eigenvalue weighted by atomic mass is 35.5. The molecular formula is C21H19ClF3N3O. The number of benzene rings is 2. The lowest BCUT2D eigenvalue weighted by Crippen LogP contribution is -2.20. The Balaban J connectivity index is 2.07. The molecule has 0 aliphatic heterocycles. The number of carbonyl (C=O) groups excluding carboxylic acids is 1. The highest BCUT2D eigenvalue weighted by molar-refractivity contribution is 6.32. The highest BCUT2D eigenvalue weighted by Gasteiger charge is 2.35. The van der Waals surface area contributed by atoms with Crippen LogP contribution in [0.25, 0.3) is 5.69 Å². The molecule has 0 unspecified atom stereocenters. The number of halogens is 4. The third-order valence-corrected chi connectivity index (χ3v) is 4.60. The van der Waals surface area contributed by atoms with Crippen molar-refractivity contribution in [2.24, 2.45) is 0 Å². The summed E-state index contributed by atoms with van der Waals surface area (Å²) >= 11 is 6.27. The number of alkyl halides is 3. The van der Waals surface area contributed by atoms with Crippen molar-refractivity contribution in [3.8, 4) is 5.69 Å². The van der Waals surface area contributed by atoms with Crippen LogP contribution in [0.5, 0.6) is 0 Å². The van der Waals surface area contributed by atoms with Crippen LogP contribution in [0, 0.1) is 0 Å². The van der Waals surface area contributed by atoms with E-state index in [1.807, 2.05) is 20.8 Å². The number of hydrogen-bond donors (Lipinski definition) is 1. The van der Waals surface area contributed by atoms with Crippen molar-refractivity contribution in [2.45, 2.75) is 32.4 Å². The van der Waals surface area contributed by atoms with Crippen LogP contribution in [0.4, 0.5) is 19.0 Å². The number of carbonyl (C=O) groups is 1.